The Morgan fingerprint density at radius 1 is 1.43 bits per heavy atom. The van der Waals surface area contributed by atoms with Gasteiger partial charge in [0.05, 0.1) is 9.95 Å². The van der Waals surface area contributed by atoms with E-state index < -0.39 is 29.4 Å². The van der Waals surface area contributed by atoms with Crippen LogP contribution in [0.25, 0.3) is 0 Å². The molecule has 0 saturated heterocycles. The predicted molar refractivity (Wildman–Crippen MR) is 82.6 cm³/mol. The molecule has 0 heterocycles. The zero-order chi connectivity index (χ0) is 17.6. The van der Waals surface area contributed by atoms with Crippen molar-refractivity contribution in [3.63, 3.8) is 0 Å². The van der Waals surface area contributed by atoms with Gasteiger partial charge in [-0.15, -0.1) is 0 Å². The number of carbonyl (C=O) groups excluding carboxylic acids is 1. The molecule has 8 nitrogen and oxygen atoms in total. The predicted octanol–water partition coefficient (Wildman–Crippen LogP) is 2.24. The molecule has 2 N–H and O–H groups in total. The number of carboxylic acid groups (broad SMARTS) is 1. The van der Waals surface area contributed by atoms with Crippen molar-refractivity contribution in [3.8, 4) is 5.75 Å². The topological polar surface area (TPSA) is 119 Å². The van der Waals surface area contributed by atoms with Crippen molar-refractivity contribution in [2.75, 3.05) is 6.61 Å². The average molecular weight is 345 g/mol. The summed E-state index contributed by atoms with van der Waals surface area (Å²) in [5, 5.41) is 22.0. The van der Waals surface area contributed by atoms with Crippen molar-refractivity contribution in [3.05, 3.63) is 33.3 Å². The number of hydrogen-bond acceptors (Lipinski definition) is 5. The zero-order valence-electron chi connectivity index (χ0n) is 12.6. The van der Waals surface area contributed by atoms with E-state index in [-0.39, 0.29) is 22.4 Å². The summed E-state index contributed by atoms with van der Waals surface area (Å²) < 4.78 is 5.16. The Balaban J connectivity index is 2.62. The molecule has 9 heteroatoms. The van der Waals surface area contributed by atoms with Gasteiger partial charge in [-0.3, -0.25) is 14.9 Å². The second kappa shape index (κ2) is 8.33. The van der Waals surface area contributed by atoms with Gasteiger partial charge in [-0.25, -0.2) is 4.79 Å². The van der Waals surface area contributed by atoms with Crippen molar-refractivity contribution in [2.45, 2.75) is 26.3 Å². The number of halogens is 1. The van der Waals surface area contributed by atoms with Crippen LogP contribution < -0.4 is 10.1 Å². The van der Waals surface area contributed by atoms with Crippen LogP contribution in [0.2, 0.25) is 5.02 Å². The molecule has 0 unspecified atom stereocenters. The number of benzene rings is 1. The van der Waals surface area contributed by atoms with Crippen LogP contribution in [0.1, 0.15) is 20.3 Å². The van der Waals surface area contributed by atoms with E-state index in [0.29, 0.717) is 6.42 Å². The molecule has 1 aromatic rings. The number of amides is 1. The number of nitro groups is 1. The molecule has 1 rings (SSSR count). The monoisotopic (exact) mass is 344 g/mol. The molecule has 0 spiro atoms. The fourth-order valence-electron chi connectivity index (χ4n) is 1.79. The van der Waals surface area contributed by atoms with E-state index in [2.05, 4.69) is 5.32 Å². The molecular formula is C14H17ClN2O6. The number of nitro benzene ring substituents is 1. The van der Waals surface area contributed by atoms with Gasteiger partial charge in [0.15, 0.2) is 6.61 Å². The van der Waals surface area contributed by atoms with Gasteiger partial charge in [-0.2, -0.15) is 0 Å². The van der Waals surface area contributed by atoms with E-state index in [0.717, 1.165) is 6.07 Å². The first-order valence-corrected chi connectivity index (χ1v) is 7.17. The third-order valence-corrected chi connectivity index (χ3v) is 3.12. The Bertz CT molecular complexity index is 605. The summed E-state index contributed by atoms with van der Waals surface area (Å²) in [5.74, 6) is -1.54. The van der Waals surface area contributed by atoms with Crippen LogP contribution in [0.3, 0.4) is 0 Å². The second-order valence-corrected chi connectivity index (χ2v) is 5.66. The Labute approximate surface area is 137 Å². The molecule has 1 aromatic carbocycles. The zero-order valence-corrected chi connectivity index (χ0v) is 13.4. The third-order valence-electron chi connectivity index (χ3n) is 2.83. The maximum absolute atomic E-state index is 11.7. The highest BCUT2D eigenvalue weighted by atomic mass is 35.5. The highest BCUT2D eigenvalue weighted by molar-refractivity contribution is 6.32. The maximum atomic E-state index is 11.7. The molecule has 23 heavy (non-hydrogen) atoms. The fourth-order valence-corrected chi connectivity index (χ4v) is 2.02. The second-order valence-electron chi connectivity index (χ2n) is 5.25. The minimum Gasteiger partial charge on any atom is -0.482 e. The van der Waals surface area contributed by atoms with Crippen LogP contribution in [-0.4, -0.2) is 34.6 Å². The SMILES string of the molecule is CC(C)C[C@@H](NC(=O)COc1ccc([N+](=O)[O-])cc1Cl)C(=O)O. The summed E-state index contributed by atoms with van der Waals surface area (Å²) in [4.78, 5) is 32.8. The van der Waals surface area contributed by atoms with Gasteiger partial charge in [-0.05, 0) is 18.4 Å². The molecule has 0 aromatic heterocycles. The van der Waals surface area contributed by atoms with Gasteiger partial charge in [0.2, 0.25) is 0 Å². The fraction of sp³-hybridized carbons (Fsp3) is 0.429. The van der Waals surface area contributed by atoms with Crippen molar-refractivity contribution in [1.82, 2.24) is 5.32 Å². The number of carboxylic acids is 1. The molecule has 126 valence electrons. The van der Waals surface area contributed by atoms with Crippen molar-refractivity contribution in [2.24, 2.45) is 5.92 Å². The standard InChI is InChI=1S/C14H17ClN2O6/c1-8(2)5-11(14(19)20)16-13(18)7-23-12-4-3-9(17(21)22)6-10(12)15/h3-4,6,8,11H,5,7H2,1-2H3,(H,16,18)(H,19,20)/t11-/m1/s1. The number of nitrogens with one attached hydrogen (secondary N) is 1. The number of nitrogens with zero attached hydrogens (tertiary/aromatic N) is 1. The lowest BCUT2D eigenvalue weighted by atomic mass is 10.0. The van der Waals surface area contributed by atoms with Crippen LogP contribution in [0.4, 0.5) is 5.69 Å². The summed E-state index contributed by atoms with van der Waals surface area (Å²) in [6, 6.07) is 2.57. The van der Waals surface area contributed by atoms with Crippen LogP contribution in [0, 0.1) is 16.0 Å². The van der Waals surface area contributed by atoms with E-state index in [1.165, 1.54) is 12.1 Å². The highest BCUT2D eigenvalue weighted by Gasteiger charge is 2.21. The first-order valence-electron chi connectivity index (χ1n) is 6.79. The molecule has 0 aliphatic heterocycles. The molecule has 0 saturated carbocycles. The Kier molecular flexibility index (Phi) is 6.77. The summed E-state index contributed by atoms with van der Waals surface area (Å²) >= 11 is 5.83. The molecule has 1 atom stereocenters. The van der Waals surface area contributed by atoms with Gasteiger partial charge < -0.3 is 15.2 Å². The number of ether oxygens (including phenoxy) is 1. The lowest BCUT2D eigenvalue weighted by molar-refractivity contribution is -0.384. The van der Waals surface area contributed by atoms with Crippen LogP contribution >= 0.6 is 11.6 Å². The van der Waals surface area contributed by atoms with Gasteiger partial charge >= 0.3 is 5.97 Å². The van der Waals surface area contributed by atoms with Crippen molar-refractivity contribution < 1.29 is 24.4 Å². The van der Waals surface area contributed by atoms with E-state index >= 15 is 0 Å². The summed E-state index contributed by atoms with van der Waals surface area (Å²) in [5.41, 5.74) is -0.199. The van der Waals surface area contributed by atoms with Crippen molar-refractivity contribution in [1.29, 1.82) is 0 Å². The molecule has 0 radical (unpaired) electrons. The summed E-state index contributed by atoms with van der Waals surface area (Å²) in [6.45, 7) is 3.24. The first-order chi connectivity index (χ1) is 10.7. The number of carbonyl (C=O) groups is 2. The van der Waals surface area contributed by atoms with Gasteiger partial charge in [-0.1, -0.05) is 25.4 Å². The largest absolute Gasteiger partial charge is 0.482 e. The minimum atomic E-state index is -1.12. The van der Waals surface area contributed by atoms with Gasteiger partial charge in [0.25, 0.3) is 11.6 Å². The quantitative estimate of drug-likeness (QED) is 0.551. The first kappa shape index (κ1) is 18.7. The van der Waals surface area contributed by atoms with E-state index in [1.807, 2.05) is 13.8 Å². The number of non-ortho nitro benzene ring substituents is 1. The lowest BCUT2D eigenvalue weighted by Gasteiger charge is -2.16. The van der Waals surface area contributed by atoms with Gasteiger partial charge in [0, 0.05) is 12.1 Å². The smallest absolute Gasteiger partial charge is 0.326 e. The van der Waals surface area contributed by atoms with Crippen LogP contribution in [-0.2, 0) is 9.59 Å². The molecule has 0 aliphatic rings. The highest BCUT2D eigenvalue weighted by Crippen LogP contribution is 2.28. The third kappa shape index (κ3) is 6.11. The number of rotatable bonds is 8. The normalized spacial score (nSPS) is 11.8. The molecule has 0 bridgehead atoms. The average Bonchev–Trinajstić information content (AvgIpc) is 2.44. The van der Waals surface area contributed by atoms with E-state index in [4.69, 9.17) is 21.4 Å². The number of aliphatic carboxylic acids is 1. The summed E-state index contributed by atoms with van der Waals surface area (Å²) in [7, 11) is 0. The Morgan fingerprint density at radius 2 is 2.09 bits per heavy atom. The minimum absolute atomic E-state index is 0.0102. The molecule has 1 amide bonds. The Morgan fingerprint density at radius 3 is 2.57 bits per heavy atom. The molecule has 0 fully saturated rings. The Hall–Kier alpha value is -2.35. The van der Waals surface area contributed by atoms with E-state index in [1.54, 1.807) is 0 Å². The van der Waals surface area contributed by atoms with Crippen LogP contribution in [0.15, 0.2) is 18.2 Å². The van der Waals surface area contributed by atoms with Gasteiger partial charge in [0.1, 0.15) is 11.8 Å². The maximum Gasteiger partial charge on any atom is 0.326 e. The summed E-state index contributed by atoms with van der Waals surface area (Å²) in [6.07, 6.45) is 0.291. The molecular weight excluding hydrogens is 328 g/mol. The molecule has 0 aliphatic carbocycles. The lowest BCUT2D eigenvalue weighted by Crippen LogP contribution is -2.43. The van der Waals surface area contributed by atoms with Crippen LogP contribution in [0.5, 0.6) is 5.75 Å². The van der Waals surface area contributed by atoms with Crippen molar-refractivity contribution >= 4 is 29.2 Å². The van der Waals surface area contributed by atoms with E-state index in [9.17, 15) is 19.7 Å². The number of hydrogen-bond donors (Lipinski definition) is 2.